The number of rotatable bonds is 3. The normalized spacial score (nSPS) is 24.5. The average molecular weight is 345 g/mol. The molecule has 0 aliphatic carbocycles. The smallest absolute Gasteiger partial charge is 0.408 e. The Morgan fingerprint density at radius 1 is 1.28 bits per heavy atom. The summed E-state index contributed by atoms with van der Waals surface area (Å²) in [5.74, 6) is -0.561. The van der Waals surface area contributed by atoms with E-state index < -0.39 is 11.4 Å². The summed E-state index contributed by atoms with van der Waals surface area (Å²) in [5, 5.41) is 10.8. The van der Waals surface area contributed by atoms with E-state index in [1.165, 1.54) is 17.4 Å². The molecule has 7 nitrogen and oxygen atoms in total. The van der Waals surface area contributed by atoms with Crippen LogP contribution >= 0.6 is 0 Å². The van der Waals surface area contributed by atoms with E-state index in [-0.39, 0.29) is 5.91 Å². The minimum absolute atomic E-state index is 0.118. The number of aliphatic hydroxyl groups is 1. The van der Waals surface area contributed by atoms with Gasteiger partial charge in [-0.15, -0.1) is 0 Å². The Balaban J connectivity index is 1.51. The van der Waals surface area contributed by atoms with Crippen molar-refractivity contribution in [1.82, 2.24) is 14.4 Å². The molecule has 2 fully saturated rings. The number of amides is 1. The van der Waals surface area contributed by atoms with Gasteiger partial charge < -0.3 is 19.3 Å². The van der Waals surface area contributed by atoms with E-state index in [1.54, 1.807) is 30.1 Å². The van der Waals surface area contributed by atoms with Gasteiger partial charge in [0.15, 0.2) is 5.58 Å². The molecule has 3 heterocycles. The molecule has 0 radical (unpaired) electrons. The molecular formula is C18H23N3O4. The molecule has 1 aromatic carbocycles. The van der Waals surface area contributed by atoms with Gasteiger partial charge in [0.2, 0.25) is 0 Å². The first kappa shape index (κ1) is 16.4. The number of fused-ring (bicyclic) bond motifs is 1. The summed E-state index contributed by atoms with van der Waals surface area (Å²) in [7, 11) is 1.62. The van der Waals surface area contributed by atoms with Gasteiger partial charge in [0, 0.05) is 25.7 Å². The van der Waals surface area contributed by atoms with Crippen molar-refractivity contribution in [3.63, 3.8) is 0 Å². The fraction of sp³-hybridized carbons (Fsp3) is 0.556. The van der Waals surface area contributed by atoms with Gasteiger partial charge in [-0.3, -0.25) is 9.36 Å². The van der Waals surface area contributed by atoms with Crippen molar-refractivity contribution in [2.45, 2.75) is 24.9 Å². The highest BCUT2D eigenvalue weighted by Gasteiger charge is 2.40. The Kier molecular flexibility index (Phi) is 3.92. The molecule has 1 atom stereocenters. The standard InChI is InChI=1S/C18H23N3O4/c1-19-14-10-13(4-5-15(14)25-17(19)23)16(22)21-9-6-18(24,12-21)11-20-7-2-3-8-20/h4-5,10,24H,2-3,6-9,11-12H2,1H3/t18-/m0/s1. The molecule has 0 saturated carbocycles. The lowest BCUT2D eigenvalue weighted by Crippen LogP contribution is -2.45. The number of benzene rings is 1. The molecule has 1 amide bonds. The number of β-amino-alcohol motifs (C(OH)–C–C–N with tert-alkyl or cyclic N) is 1. The number of nitrogens with zero attached hydrogens (tertiary/aromatic N) is 3. The van der Waals surface area contributed by atoms with Crippen molar-refractivity contribution in [2.24, 2.45) is 7.05 Å². The largest absolute Gasteiger partial charge is 0.419 e. The quantitative estimate of drug-likeness (QED) is 0.890. The van der Waals surface area contributed by atoms with E-state index >= 15 is 0 Å². The number of hydrogen-bond donors (Lipinski definition) is 1. The monoisotopic (exact) mass is 345 g/mol. The number of aromatic nitrogens is 1. The van der Waals surface area contributed by atoms with Crippen LogP contribution in [0, 0.1) is 0 Å². The van der Waals surface area contributed by atoms with Crippen molar-refractivity contribution in [1.29, 1.82) is 0 Å². The molecule has 25 heavy (non-hydrogen) atoms. The van der Waals surface area contributed by atoms with E-state index in [0.717, 1.165) is 13.1 Å². The van der Waals surface area contributed by atoms with E-state index in [0.29, 0.717) is 42.7 Å². The van der Waals surface area contributed by atoms with E-state index in [2.05, 4.69) is 4.90 Å². The SMILES string of the molecule is Cn1c(=O)oc2ccc(C(=O)N3CC[C@](O)(CN4CCCC4)C3)cc21. The summed E-state index contributed by atoms with van der Waals surface area (Å²) >= 11 is 0. The second-order valence-corrected chi connectivity index (χ2v) is 7.29. The van der Waals surface area contributed by atoms with Crippen molar-refractivity contribution in [3.05, 3.63) is 34.3 Å². The third-order valence-electron chi connectivity index (χ3n) is 5.37. The zero-order valence-corrected chi connectivity index (χ0v) is 14.4. The van der Waals surface area contributed by atoms with Gasteiger partial charge in [0.25, 0.3) is 5.91 Å². The van der Waals surface area contributed by atoms with Gasteiger partial charge in [-0.25, -0.2) is 4.79 Å². The molecule has 0 spiro atoms. The van der Waals surface area contributed by atoms with Gasteiger partial charge >= 0.3 is 5.76 Å². The average Bonchev–Trinajstić information content (AvgIpc) is 3.29. The molecule has 2 aromatic rings. The van der Waals surface area contributed by atoms with Crippen LogP contribution in [0.15, 0.2) is 27.4 Å². The maximum Gasteiger partial charge on any atom is 0.419 e. The van der Waals surface area contributed by atoms with Crippen molar-refractivity contribution in [3.8, 4) is 0 Å². The maximum atomic E-state index is 12.8. The summed E-state index contributed by atoms with van der Waals surface area (Å²) in [4.78, 5) is 28.4. The second-order valence-electron chi connectivity index (χ2n) is 7.29. The summed E-state index contributed by atoms with van der Waals surface area (Å²) < 4.78 is 6.49. The number of oxazole rings is 1. The zero-order chi connectivity index (χ0) is 17.6. The topological polar surface area (TPSA) is 78.9 Å². The van der Waals surface area contributed by atoms with Crippen LogP contribution < -0.4 is 5.76 Å². The predicted octanol–water partition coefficient (Wildman–Crippen LogP) is 0.804. The Labute approximate surface area is 145 Å². The van der Waals surface area contributed by atoms with Crippen LogP contribution in [0.3, 0.4) is 0 Å². The Bertz CT molecular complexity index is 865. The van der Waals surface area contributed by atoms with Crippen LogP contribution in [0.25, 0.3) is 11.1 Å². The fourth-order valence-corrected chi connectivity index (χ4v) is 3.96. The summed E-state index contributed by atoms with van der Waals surface area (Å²) in [6.07, 6.45) is 2.96. The minimum Gasteiger partial charge on any atom is -0.408 e. The first-order valence-electron chi connectivity index (χ1n) is 8.79. The molecule has 2 saturated heterocycles. The van der Waals surface area contributed by atoms with Crippen LogP contribution in [0.1, 0.15) is 29.6 Å². The van der Waals surface area contributed by atoms with Gasteiger partial charge in [0.05, 0.1) is 17.7 Å². The number of carbonyl (C=O) groups excluding carboxylic acids is 1. The van der Waals surface area contributed by atoms with Gasteiger partial charge in [-0.2, -0.15) is 0 Å². The lowest BCUT2D eigenvalue weighted by atomic mass is 10.0. The Morgan fingerprint density at radius 3 is 2.80 bits per heavy atom. The number of carbonyl (C=O) groups is 1. The summed E-state index contributed by atoms with van der Waals surface area (Å²) in [5.41, 5.74) is 0.750. The van der Waals surface area contributed by atoms with E-state index in [1.807, 2.05) is 0 Å². The highest BCUT2D eigenvalue weighted by Crippen LogP contribution is 2.26. The molecule has 1 N–H and O–H groups in total. The Morgan fingerprint density at radius 2 is 2.04 bits per heavy atom. The minimum atomic E-state index is -0.827. The van der Waals surface area contributed by atoms with Crippen LogP contribution in [-0.4, -0.2) is 63.7 Å². The van der Waals surface area contributed by atoms with Crippen LogP contribution in [0.4, 0.5) is 0 Å². The predicted molar refractivity (Wildman–Crippen MR) is 92.6 cm³/mol. The van der Waals surface area contributed by atoms with Gasteiger partial charge in [-0.1, -0.05) is 0 Å². The van der Waals surface area contributed by atoms with Gasteiger partial charge in [0.1, 0.15) is 0 Å². The van der Waals surface area contributed by atoms with E-state index in [9.17, 15) is 14.7 Å². The number of aryl methyl sites for hydroxylation is 1. The van der Waals surface area contributed by atoms with Gasteiger partial charge in [-0.05, 0) is 50.6 Å². The lowest BCUT2D eigenvalue weighted by molar-refractivity contribution is 0.0175. The van der Waals surface area contributed by atoms with Crippen LogP contribution in [0.2, 0.25) is 0 Å². The summed E-state index contributed by atoms with van der Waals surface area (Å²) in [6, 6.07) is 5.00. The molecule has 7 heteroatoms. The highest BCUT2D eigenvalue weighted by molar-refractivity contribution is 5.97. The number of likely N-dealkylation sites (tertiary alicyclic amines) is 2. The Hall–Kier alpha value is -2.12. The maximum absolute atomic E-state index is 12.8. The molecule has 134 valence electrons. The number of hydrogen-bond acceptors (Lipinski definition) is 5. The first-order chi connectivity index (χ1) is 12.0. The highest BCUT2D eigenvalue weighted by atomic mass is 16.4. The molecule has 4 rings (SSSR count). The van der Waals surface area contributed by atoms with Crippen molar-refractivity contribution < 1.29 is 14.3 Å². The molecule has 1 aromatic heterocycles. The molecule has 2 aliphatic heterocycles. The van der Waals surface area contributed by atoms with Crippen LogP contribution in [-0.2, 0) is 7.05 Å². The fourth-order valence-electron chi connectivity index (χ4n) is 3.96. The molecular weight excluding hydrogens is 322 g/mol. The third kappa shape index (κ3) is 2.98. The molecule has 0 unspecified atom stereocenters. The van der Waals surface area contributed by atoms with Crippen molar-refractivity contribution >= 4 is 17.0 Å². The van der Waals surface area contributed by atoms with Crippen LogP contribution in [0.5, 0.6) is 0 Å². The van der Waals surface area contributed by atoms with Crippen molar-refractivity contribution in [2.75, 3.05) is 32.7 Å². The first-order valence-corrected chi connectivity index (χ1v) is 8.79. The third-order valence-corrected chi connectivity index (χ3v) is 5.37. The zero-order valence-electron chi connectivity index (χ0n) is 14.4. The second kappa shape index (κ2) is 6.00. The summed E-state index contributed by atoms with van der Waals surface area (Å²) in [6.45, 7) is 3.59. The van der Waals surface area contributed by atoms with E-state index in [4.69, 9.17) is 4.42 Å². The molecule has 2 aliphatic rings. The molecule has 0 bridgehead atoms. The lowest BCUT2D eigenvalue weighted by Gasteiger charge is -2.28.